The number of hydrogen-bond acceptors (Lipinski definition) is 6. The Labute approximate surface area is 185 Å². The predicted octanol–water partition coefficient (Wildman–Crippen LogP) is 5.25. The van der Waals surface area contributed by atoms with Crippen LogP contribution in [-0.4, -0.2) is 28.0 Å². The molecule has 0 saturated carbocycles. The van der Waals surface area contributed by atoms with Gasteiger partial charge in [-0.15, -0.1) is 11.3 Å². The number of benzene rings is 1. The van der Waals surface area contributed by atoms with Gasteiger partial charge in [0.1, 0.15) is 23.0 Å². The number of thiazole rings is 1. The van der Waals surface area contributed by atoms with Crippen LogP contribution in [0, 0.1) is 12.7 Å². The summed E-state index contributed by atoms with van der Waals surface area (Å²) in [6.45, 7) is 5.64. The SMILES string of the molecule is C=CCOC(=O)c1sc(NC(=O)c2cc3sccc3n2Cc2cccc(F)c2)nc1C. The van der Waals surface area contributed by atoms with Crippen molar-refractivity contribution in [1.82, 2.24) is 9.55 Å². The summed E-state index contributed by atoms with van der Waals surface area (Å²) in [7, 11) is 0. The molecule has 6 nitrogen and oxygen atoms in total. The Balaban J connectivity index is 1.61. The minimum Gasteiger partial charge on any atom is -0.457 e. The highest BCUT2D eigenvalue weighted by atomic mass is 32.1. The quantitative estimate of drug-likeness (QED) is 0.305. The molecule has 0 radical (unpaired) electrons. The molecule has 0 aliphatic heterocycles. The van der Waals surface area contributed by atoms with E-state index in [0.717, 1.165) is 27.1 Å². The third-order valence-corrected chi connectivity index (χ3v) is 6.43. The molecule has 4 aromatic rings. The van der Waals surface area contributed by atoms with E-state index in [1.165, 1.54) is 29.5 Å². The average molecular weight is 456 g/mol. The summed E-state index contributed by atoms with van der Waals surface area (Å²) in [6, 6.07) is 10.0. The molecule has 0 spiro atoms. The van der Waals surface area contributed by atoms with Crippen LogP contribution < -0.4 is 5.32 Å². The van der Waals surface area contributed by atoms with Gasteiger partial charge in [0.25, 0.3) is 5.91 Å². The van der Waals surface area contributed by atoms with Crippen molar-refractivity contribution in [1.29, 1.82) is 0 Å². The van der Waals surface area contributed by atoms with Crippen LogP contribution >= 0.6 is 22.7 Å². The molecule has 0 bridgehead atoms. The van der Waals surface area contributed by atoms with E-state index in [9.17, 15) is 14.0 Å². The fraction of sp³-hybridized carbons (Fsp3) is 0.136. The first-order valence-corrected chi connectivity index (χ1v) is 11.0. The van der Waals surface area contributed by atoms with E-state index in [-0.39, 0.29) is 18.3 Å². The number of rotatable bonds is 7. The number of nitrogens with zero attached hydrogens (tertiary/aromatic N) is 2. The van der Waals surface area contributed by atoms with E-state index in [1.54, 1.807) is 19.1 Å². The molecule has 1 N–H and O–H groups in total. The molecule has 4 rings (SSSR count). The molecule has 0 atom stereocenters. The zero-order valence-electron chi connectivity index (χ0n) is 16.6. The number of aryl methyl sites for hydroxylation is 1. The van der Waals surface area contributed by atoms with Gasteiger partial charge in [0.15, 0.2) is 5.13 Å². The molecule has 9 heteroatoms. The number of carbonyl (C=O) groups excluding carboxylic acids is 2. The van der Waals surface area contributed by atoms with E-state index in [0.29, 0.717) is 27.9 Å². The van der Waals surface area contributed by atoms with Crippen LogP contribution in [0.3, 0.4) is 0 Å². The number of amides is 1. The number of aromatic nitrogens is 2. The van der Waals surface area contributed by atoms with Crippen LogP contribution in [0.25, 0.3) is 10.2 Å². The van der Waals surface area contributed by atoms with Crippen LogP contribution in [0.15, 0.2) is 54.4 Å². The second kappa shape index (κ2) is 8.83. The molecule has 1 aromatic carbocycles. The second-order valence-electron chi connectivity index (χ2n) is 6.69. The van der Waals surface area contributed by atoms with Crippen molar-refractivity contribution in [3.05, 3.63) is 82.1 Å². The van der Waals surface area contributed by atoms with E-state index < -0.39 is 5.97 Å². The van der Waals surface area contributed by atoms with Gasteiger partial charge in [-0.2, -0.15) is 0 Å². The fourth-order valence-corrected chi connectivity index (χ4v) is 4.83. The smallest absolute Gasteiger partial charge is 0.350 e. The molecule has 0 aliphatic rings. The van der Waals surface area contributed by atoms with Gasteiger partial charge < -0.3 is 9.30 Å². The van der Waals surface area contributed by atoms with Crippen molar-refractivity contribution < 1.29 is 18.7 Å². The van der Waals surface area contributed by atoms with Crippen molar-refractivity contribution in [2.45, 2.75) is 13.5 Å². The highest BCUT2D eigenvalue weighted by Crippen LogP contribution is 2.28. The van der Waals surface area contributed by atoms with Crippen LogP contribution in [0.2, 0.25) is 0 Å². The number of halogens is 1. The van der Waals surface area contributed by atoms with Crippen LogP contribution in [0.4, 0.5) is 9.52 Å². The Kier molecular flexibility index (Phi) is 5.97. The summed E-state index contributed by atoms with van der Waals surface area (Å²) in [4.78, 5) is 29.8. The Morgan fingerprint density at radius 3 is 2.94 bits per heavy atom. The molecular formula is C22H18FN3O3S2. The second-order valence-corrected chi connectivity index (χ2v) is 8.64. The lowest BCUT2D eigenvalue weighted by atomic mass is 10.2. The van der Waals surface area contributed by atoms with Gasteiger partial charge in [-0.3, -0.25) is 10.1 Å². The minimum absolute atomic E-state index is 0.0994. The largest absolute Gasteiger partial charge is 0.457 e. The average Bonchev–Trinajstić information content (AvgIpc) is 3.42. The molecule has 1 amide bonds. The number of carbonyl (C=O) groups is 2. The first-order valence-electron chi connectivity index (χ1n) is 9.34. The maximum Gasteiger partial charge on any atom is 0.350 e. The molecule has 3 aromatic heterocycles. The lowest BCUT2D eigenvalue weighted by Gasteiger charge is -2.10. The molecule has 0 aliphatic carbocycles. The molecule has 0 saturated heterocycles. The molecule has 31 heavy (non-hydrogen) atoms. The third kappa shape index (κ3) is 4.42. The fourth-order valence-electron chi connectivity index (χ4n) is 3.15. The monoisotopic (exact) mass is 455 g/mol. The molecule has 0 fully saturated rings. The van der Waals surface area contributed by atoms with Crippen LogP contribution in [0.1, 0.15) is 31.4 Å². The number of fused-ring (bicyclic) bond motifs is 1. The van der Waals surface area contributed by atoms with Crippen LogP contribution in [-0.2, 0) is 11.3 Å². The molecule has 3 heterocycles. The number of thiophene rings is 1. The number of hydrogen-bond donors (Lipinski definition) is 1. The number of anilines is 1. The summed E-state index contributed by atoms with van der Waals surface area (Å²) in [5.74, 6) is -1.20. The lowest BCUT2D eigenvalue weighted by Crippen LogP contribution is -2.17. The van der Waals surface area contributed by atoms with Crippen molar-refractivity contribution >= 4 is 49.9 Å². The van der Waals surface area contributed by atoms with Gasteiger partial charge >= 0.3 is 5.97 Å². The molecular weight excluding hydrogens is 437 g/mol. The standard InChI is InChI=1S/C22H18FN3O3S2/c1-3-8-29-21(28)19-13(2)24-22(31-19)25-20(27)17-11-18-16(7-9-30-18)26(17)12-14-5-4-6-15(23)10-14/h3-7,9-11H,1,8,12H2,2H3,(H,24,25,27). The topological polar surface area (TPSA) is 73.2 Å². The normalized spacial score (nSPS) is 10.9. The molecule has 158 valence electrons. The minimum atomic E-state index is -0.509. The van der Waals surface area contributed by atoms with Crippen molar-refractivity contribution in [3.63, 3.8) is 0 Å². The van der Waals surface area contributed by atoms with Gasteiger partial charge in [-0.1, -0.05) is 36.1 Å². The Bertz CT molecular complexity index is 1290. The van der Waals surface area contributed by atoms with Gasteiger partial charge in [-0.25, -0.2) is 14.2 Å². The van der Waals surface area contributed by atoms with E-state index >= 15 is 0 Å². The Hall–Kier alpha value is -3.30. The lowest BCUT2D eigenvalue weighted by molar-refractivity contribution is 0.0554. The van der Waals surface area contributed by atoms with Gasteiger partial charge in [-0.05, 0) is 42.1 Å². The number of ether oxygens (including phenoxy) is 1. The summed E-state index contributed by atoms with van der Waals surface area (Å²) in [5.41, 5.74) is 2.54. The zero-order chi connectivity index (χ0) is 22.0. The molecule has 0 unspecified atom stereocenters. The number of nitrogens with one attached hydrogen (secondary N) is 1. The summed E-state index contributed by atoms with van der Waals surface area (Å²) >= 11 is 2.57. The van der Waals surface area contributed by atoms with E-state index in [1.807, 2.05) is 22.1 Å². The van der Waals surface area contributed by atoms with Crippen LogP contribution in [0.5, 0.6) is 0 Å². The van der Waals surface area contributed by atoms with Crippen molar-refractivity contribution in [2.75, 3.05) is 11.9 Å². The first kappa shape index (κ1) is 21.0. The van der Waals surface area contributed by atoms with E-state index in [2.05, 4.69) is 16.9 Å². The first-order chi connectivity index (χ1) is 15.0. The third-order valence-electron chi connectivity index (χ3n) is 4.52. The summed E-state index contributed by atoms with van der Waals surface area (Å²) in [5, 5.41) is 5.01. The zero-order valence-corrected chi connectivity index (χ0v) is 18.2. The Morgan fingerprint density at radius 2 is 2.16 bits per heavy atom. The Morgan fingerprint density at radius 1 is 1.32 bits per heavy atom. The van der Waals surface area contributed by atoms with Gasteiger partial charge in [0, 0.05) is 6.54 Å². The summed E-state index contributed by atoms with van der Waals surface area (Å²) in [6.07, 6.45) is 1.48. The maximum atomic E-state index is 13.6. The van der Waals surface area contributed by atoms with E-state index in [4.69, 9.17) is 4.74 Å². The van der Waals surface area contributed by atoms with Gasteiger partial charge in [0.2, 0.25) is 0 Å². The van der Waals surface area contributed by atoms with Crippen molar-refractivity contribution in [3.8, 4) is 0 Å². The predicted molar refractivity (Wildman–Crippen MR) is 121 cm³/mol. The highest BCUT2D eigenvalue weighted by Gasteiger charge is 2.21. The number of esters is 1. The maximum absolute atomic E-state index is 13.6. The summed E-state index contributed by atoms with van der Waals surface area (Å²) < 4.78 is 21.5. The highest BCUT2D eigenvalue weighted by molar-refractivity contribution is 7.18. The van der Waals surface area contributed by atoms with Crippen molar-refractivity contribution in [2.24, 2.45) is 0 Å². The van der Waals surface area contributed by atoms with Gasteiger partial charge in [0.05, 0.1) is 15.9 Å².